The van der Waals surface area contributed by atoms with Gasteiger partial charge in [0.25, 0.3) is 0 Å². The molecule has 0 heterocycles. The average molecular weight is 443 g/mol. The Labute approximate surface area is 197 Å². The molecule has 0 bridgehead atoms. The Morgan fingerprint density at radius 2 is 1.56 bits per heavy atom. The van der Waals surface area contributed by atoms with E-state index in [1.807, 2.05) is 0 Å². The topological polar surface area (TPSA) is 40.5 Å². The zero-order valence-electron chi connectivity index (χ0n) is 22.2. The number of rotatable bonds is 1. The van der Waals surface area contributed by atoms with Crippen molar-refractivity contribution >= 4 is 0 Å². The molecule has 2 nitrogen and oxygen atoms in total. The maximum Gasteiger partial charge on any atom is 0.0594 e. The molecule has 0 saturated heterocycles. The number of hydrogen-bond donors (Lipinski definition) is 2. The van der Waals surface area contributed by atoms with Gasteiger partial charge in [0.1, 0.15) is 0 Å². The second-order valence-corrected chi connectivity index (χ2v) is 14.8. The third-order valence-electron chi connectivity index (χ3n) is 13.2. The molecule has 0 aromatic rings. The molecular formula is C30H50O2. The van der Waals surface area contributed by atoms with Gasteiger partial charge in [0.15, 0.2) is 0 Å². The zero-order valence-corrected chi connectivity index (χ0v) is 22.2. The van der Waals surface area contributed by atoms with Crippen molar-refractivity contribution in [3.05, 3.63) is 11.6 Å². The smallest absolute Gasteiger partial charge is 0.0594 e. The molecule has 0 aliphatic heterocycles. The molecule has 0 amide bonds. The Morgan fingerprint density at radius 1 is 0.875 bits per heavy atom. The van der Waals surface area contributed by atoms with Crippen LogP contribution in [0.2, 0.25) is 0 Å². The summed E-state index contributed by atoms with van der Waals surface area (Å²) in [5.74, 6) is 2.92. The molecule has 5 rings (SSSR count). The van der Waals surface area contributed by atoms with Crippen molar-refractivity contribution in [1.29, 1.82) is 0 Å². The van der Waals surface area contributed by atoms with Gasteiger partial charge < -0.3 is 10.2 Å². The van der Waals surface area contributed by atoms with E-state index in [4.69, 9.17) is 0 Å². The van der Waals surface area contributed by atoms with Gasteiger partial charge in [-0.2, -0.15) is 0 Å². The predicted octanol–water partition coefficient (Wildman–Crippen LogP) is 7.00. The first kappa shape index (κ1) is 23.4. The SMILES string of the molecule is CC(C)[C@H]1C[C@H](O)[C@@H]2[C@]1(C)CC[C@]1(C)[C@@H]3CC[C@@H]4C(C)(C)[C@@H](O)CC[C@]4(C)C3=CC[C@@]21C. The lowest BCUT2D eigenvalue weighted by Gasteiger charge is -2.69. The fraction of sp³-hybridized carbons (Fsp3) is 0.933. The molecule has 5 aliphatic rings. The van der Waals surface area contributed by atoms with Gasteiger partial charge in [0.05, 0.1) is 12.2 Å². The van der Waals surface area contributed by atoms with Gasteiger partial charge >= 0.3 is 0 Å². The van der Waals surface area contributed by atoms with E-state index >= 15 is 0 Å². The molecule has 10 atom stereocenters. The van der Waals surface area contributed by atoms with Crippen LogP contribution in [-0.4, -0.2) is 22.4 Å². The third kappa shape index (κ3) is 2.61. The standard InChI is InChI=1S/C30H50O2/c1-18(2)21-17-22(31)25-28(21,6)15-16-29(7)20-9-10-23-26(3,4)24(32)12-13-27(23,5)19(20)11-14-30(25,29)8/h11,18,20-25,31-32H,9-10,12-17H2,1-8H3/t20-,21-,22+,23-,24+,25-,27-,28-,29-,30+/m1/s1. The highest BCUT2D eigenvalue weighted by molar-refractivity contribution is 5.33. The maximum absolute atomic E-state index is 11.5. The van der Waals surface area contributed by atoms with Crippen molar-refractivity contribution < 1.29 is 10.2 Å². The minimum atomic E-state index is -0.167. The van der Waals surface area contributed by atoms with Crippen LogP contribution in [0, 0.1) is 56.7 Å². The Morgan fingerprint density at radius 3 is 2.22 bits per heavy atom. The van der Waals surface area contributed by atoms with Crippen LogP contribution in [-0.2, 0) is 0 Å². The molecule has 0 aromatic carbocycles. The summed E-state index contributed by atoms with van der Waals surface area (Å²) >= 11 is 0. The molecule has 2 N–H and O–H groups in total. The van der Waals surface area contributed by atoms with Gasteiger partial charge in [-0.05, 0) is 108 Å². The number of aliphatic hydroxyl groups is 2. The molecule has 0 spiro atoms. The molecule has 5 aliphatic carbocycles. The Kier molecular flexibility index (Phi) is 5.02. The highest BCUT2D eigenvalue weighted by Crippen LogP contribution is 2.76. The van der Waals surface area contributed by atoms with Crippen molar-refractivity contribution in [2.75, 3.05) is 0 Å². The van der Waals surface area contributed by atoms with Crippen molar-refractivity contribution in [2.45, 2.75) is 119 Å². The quantitative estimate of drug-likeness (QED) is 0.429. The highest BCUT2D eigenvalue weighted by Gasteiger charge is 2.70. The molecule has 32 heavy (non-hydrogen) atoms. The third-order valence-corrected chi connectivity index (χ3v) is 13.2. The second kappa shape index (κ2) is 6.87. The molecular weight excluding hydrogens is 392 g/mol. The van der Waals surface area contributed by atoms with Crippen LogP contribution >= 0.6 is 0 Å². The largest absolute Gasteiger partial charge is 0.393 e. The van der Waals surface area contributed by atoms with Crippen molar-refractivity contribution in [2.24, 2.45) is 56.7 Å². The number of aliphatic hydroxyl groups excluding tert-OH is 2. The van der Waals surface area contributed by atoms with E-state index in [1.54, 1.807) is 5.57 Å². The van der Waals surface area contributed by atoms with E-state index in [9.17, 15) is 10.2 Å². The van der Waals surface area contributed by atoms with Crippen LogP contribution < -0.4 is 0 Å². The lowest BCUT2D eigenvalue weighted by molar-refractivity contribution is -0.180. The van der Waals surface area contributed by atoms with Gasteiger partial charge in [0.2, 0.25) is 0 Å². The fourth-order valence-corrected chi connectivity index (χ4v) is 11.3. The minimum absolute atomic E-state index is 0.00225. The molecule has 182 valence electrons. The van der Waals surface area contributed by atoms with Crippen molar-refractivity contribution in [3.8, 4) is 0 Å². The van der Waals surface area contributed by atoms with E-state index < -0.39 is 0 Å². The lowest BCUT2D eigenvalue weighted by atomic mass is 9.35. The van der Waals surface area contributed by atoms with E-state index in [1.165, 1.54) is 25.7 Å². The van der Waals surface area contributed by atoms with E-state index in [0.29, 0.717) is 29.6 Å². The van der Waals surface area contributed by atoms with Crippen LogP contribution in [0.1, 0.15) is 107 Å². The van der Waals surface area contributed by atoms with Crippen molar-refractivity contribution in [1.82, 2.24) is 0 Å². The van der Waals surface area contributed by atoms with Crippen LogP contribution in [0.3, 0.4) is 0 Å². The summed E-state index contributed by atoms with van der Waals surface area (Å²) in [6, 6.07) is 0. The summed E-state index contributed by atoms with van der Waals surface area (Å²) in [5.41, 5.74) is 2.67. The van der Waals surface area contributed by atoms with Crippen LogP contribution in [0.25, 0.3) is 0 Å². The summed E-state index contributed by atoms with van der Waals surface area (Å²) in [6.07, 6.45) is 11.6. The maximum atomic E-state index is 11.5. The molecule has 4 fully saturated rings. The molecule has 2 heteroatoms. The second-order valence-electron chi connectivity index (χ2n) is 14.8. The fourth-order valence-electron chi connectivity index (χ4n) is 11.3. The Bertz CT molecular complexity index is 812. The first-order valence-corrected chi connectivity index (χ1v) is 13.8. The summed E-state index contributed by atoms with van der Waals surface area (Å²) in [7, 11) is 0. The minimum Gasteiger partial charge on any atom is -0.393 e. The Balaban J connectivity index is 1.58. The zero-order chi connectivity index (χ0) is 23.5. The van der Waals surface area contributed by atoms with Crippen LogP contribution in [0.5, 0.6) is 0 Å². The van der Waals surface area contributed by atoms with Crippen LogP contribution in [0.15, 0.2) is 11.6 Å². The van der Waals surface area contributed by atoms with Gasteiger partial charge in [-0.25, -0.2) is 0 Å². The summed E-state index contributed by atoms with van der Waals surface area (Å²) in [5, 5.41) is 22.4. The van der Waals surface area contributed by atoms with Crippen molar-refractivity contribution in [3.63, 3.8) is 0 Å². The predicted molar refractivity (Wildman–Crippen MR) is 132 cm³/mol. The number of fused-ring (bicyclic) bond motifs is 7. The number of allylic oxidation sites excluding steroid dienone is 2. The van der Waals surface area contributed by atoms with Gasteiger partial charge in [-0.15, -0.1) is 0 Å². The molecule has 4 saturated carbocycles. The molecule has 0 radical (unpaired) electrons. The number of hydrogen-bond acceptors (Lipinski definition) is 2. The van der Waals surface area contributed by atoms with E-state index in [0.717, 1.165) is 25.7 Å². The van der Waals surface area contributed by atoms with Gasteiger partial charge in [-0.3, -0.25) is 0 Å². The average Bonchev–Trinajstić information content (AvgIpc) is 2.98. The highest BCUT2D eigenvalue weighted by atomic mass is 16.3. The normalized spacial score (nSPS) is 56.7. The van der Waals surface area contributed by atoms with Gasteiger partial charge in [-0.1, -0.05) is 67.0 Å². The first-order chi connectivity index (χ1) is 14.7. The molecule has 0 unspecified atom stereocenters. The van der Waals surface area contributed by atoms with Gasteiger partial charge in [0, 0.05) is 0 Å². The van der Waals surface area contributed by atoms with E-state index in [-0.39, 0.29) is 39.3 Å². The van der Waals surface area contributed by atoms with E-state index in [2.05, 4.69) is 61.5 Å². The summed E-state index contributed by atoms with van der Waals surface area (Å²) < 4.78 is 0. The Hall–Kier alpha value is -0.340. The van der Waals surface area contributed by atoms with Crippen LogP contribution in [0.4, 0.5) is 0 Å². The summed E-state index contributed by atoms with van der Waals surface area (Å²) in [4.78, 5) is 0. The molecule has 0 aromatic heterocycles. The monoisotopic (exact) mass is 442 g/mol. The summed E-state index contributed by atoms with van der Waals surface area (Å²) in [6.45, 7) is 19.7. The first-order valence-electron chi connectivity index (χ1n) is 13.8. The lowest BCUT2D eigenvalue weighted by Crippen LogP contribution is -2.63.